The summed E-state index contributed by atoms with van der Waals surface area (Å²) in [6.45, 7) is 0. The molecule has 1 aromatic heterocycles. The van der Waals surface area contributed by atoms with Crippen molar-refractivity contribution in [2.45, 2.75) is 18.3 Å². The van der Waals surface area contributed by atoms with Gasteiger partial charge in [0, 0.05) is 20.2 Å². The smallest absolute Gasteiger partial charge is 0.0722 e. The summed E-state index contributed by atoms with van der Waals surface area (Å²) >= 11 is 1.91. The van der Waals surface area contributed by atoms with Crippen LogP contribution < -0.4 is 0 Å². The molecule has 54 heavy (non-hydrogen) atoms. The molecule has 1 spiro atoms. The summed E-state index contributed by atoms with van der Waals surface area (Å²) in [6, 6.07) is 60.2. The summed E-state index contributed by atoms with van der Waals surface area (Å²) in [5, 5.41) is 10.6. The first kappa shape index (κ1) is 29.2. The molecule has 250 valence electrons. The zero-order chi connectivity index (χ0) is 35.1. The van der Waals surface area contributed by atoms with E-state index in [1.165, 1.54) is 119 Å². The Hall–Kier alpha value is -6.28. The van der Waals surface area contributed by atoms with Crippen LogP contribution in [0.3, 0.4) is 0 Å². The first-order valence-electron chi connectivity index (χ1n) is 19.2. The minimum atomic E-state index is -0.332. The van der Waals surface area contributed by atoms with Gasteiger partial charge in [-0.25, -0.2) is 0 Å². The Morgan fingerprint density at radius 3 is 1.83 bits per heavy atom. The van der Waals surface area contributed by atoms with Gasteiger partial charge in [-0.05, 0) is 136 Å². The Morgan fingerprint density at radius 1 is 0.444 bits per heavy atom. The molecule has 0 amide bonds. The predicted molar refractivity (Wildman–Crippen MR) is 231 cm³/mol. The minimum Gasteiger partial charge on any atom is -0.135 e. The fraction of sp³-hybridized carbons (Fsp3) is 0.0566. The van der Waals surface area contributed by atoms with Gasteiger partial charge < -0.3 is 0 Å². The molecule has 0 radical (unpaired) electrons. The highest BCUT2D eigenvalue weighted by atomic mass is 32.1. The Balaban J connectivity index is 1.14. The van der Waals surface area contributed by atoms with Gasteiger partial charge >= 0.3 is 0 Å². The number of thiophene rings is 1. The highest BCUT2D eigenvalue weighted by molar-refractivity contribution is 7.26. The third kappa shape index (κ3) is 3.50. The van der Waals surface area contributed by atoms with Crippen molar-refractivity contribution in [3.05, 3.63) is 198 Å². The van der Waals surface area contributed by atoms with Crippen molar-refractivity contribution in [1.29, 1.82) is 0 Å². The fourth-order valence-electron chi connectivity index (χ4n) is 10.9. The average Bonchev–Trinajstić information content (AvgIpc) is 3.87. The summed E-state index contributed by atoms with van der Waals surface area (Å²) in [6.07, 6.45) is 7.03. The van der Waals surface area contributed by atoms with Crippen molar-refractivity contribution in [2.24, 2.45) is 0 Å². The van der Waals surface area contributed by atoms with Crippen LogP contribution in [-0.2, 0) is 5.41 Å². The molecule has 10 aromatic rings. The maximum absolute atomic E-state index is 2.57. The van der Waals surface area contributed by atoms with Gasteiger partial charge in [0.2, 0.25) is 0 Å². The van der Waals surface area contributed by atoms with Crippen LogP contribution in [0.15, 0.2) is 175 Å². The van der Waals surface area contributed by atoms with E-state index in [2.05, 4.69) is 170 Å². The number of hydrogen-bond donors (Lipinski definition) is 0. The summed E-state index contributed by atoms with van der Waals surface area (Å²) in [7, 11) is 0. The van der Waals surface area contributed by atoms with Crippen LogP contribution in [0.1, 0.15) is 35.1 Å². The first-order chi connectivity index (χ1) is 26.8. The Bertz CT molecular complexity index is 3270. The molecular formula is C53H32S. The van der Waals surface area contributed by atoms with Gasteiger partial charge in [-0.2, -0.15) is 0 Å². The quantitative estimate of drug-likeness (QED) is 0.124. The molecule has 13 rings (SSSR count). The highest BCUT2D eigenvalue weighted by Gasteiger charge is 2.52. The molecule has 0 saturated carbocycles. The molecular weight excluding hydrogens is 669 g/mol. The number of allylic oxidation sites excluding steroid dienone is 4. The van der Waals surface area contributed by atoms with Crippen molar-refractivity contribution < 1.29 is 0 Å². The third-order valence-corrected chi connectivity index (χ3v) is 14.0. The molecule has 0 aliphatic heterocycles. The lowest BCUT2D eigenvalue weighted by Gasteiger charge is -2.32. The number of benzene rings is 9. The van der Waals surface area contributed by atoms with Crippen LogP contribution >= 0.6 is 11.3 Å². The lowest BCUT2D eigenvalue weighted by Crippen LogP contribution is -2.27. The van der Waals surface area contributed by atoms with Gasteiger partial charge in [-0.15, -0.1) is 11.3 Å². The fourth-order valence-corrected chi connectivity index (χ4v) is 12.1. The first-order valence-corrected chi connectivity index (χ1v) is 20.0. The van der Waals surface area contributed by atoms with Crippen molar-refractivity contribution in [3.8, 4) is 33.4 Å². The van der Waals surface area contributed by atoms with Crippen LogP contribution in [0.5, 0.6) is 0 Å². The second kappa shape index (κ2) is 10.4. The van der Waals surface area contributed by atoms with E-state index in [9.17, 15) is 0 Å². The lowest BCUT2D eigenvalue weighted by molar-refractivity contribution is 0.781. The Morgan fingerprint density at radius 2 is 1.06 bits per heavy atom. The molecule has 3 aliphatic carbocycles. The molecule has 0 saturated heterocycles. The summed E-state index contributed by atoms with van der Waals surface area (Å²) < 4.78 is 2.72. The molecule has 1 heterocycles. The Kier molecular flexibility index (Phi) is 5.65. The summed E-state index contributed by atoms with van der Waals surface area (Å²) in [5.41, 5.74) is 16.2. The molecule has 0 N–H and O–H groups in total. The minimum absolute atomic E-state index is 0.332. The third-order valence-electron chi connectivity index (χ3n) is 12.9. The standard InChI is InChI=1S/C53H32S/c1-3-19-39-37(17-1)49(38-18-2-4-20-40(38)51(39)42-29-31-13-11-25-47-50(31)52-41(42)21-12-26-48(52)54-47)32-27-28-36-35-16-7-10-24-45(35)53(46(36)30-32)43-22-8-5-14-33(43)34-15-6-9-23-44(34)53/h1-5,7-14,16-30H,6,15H2. The monoisotopic (exact) mass is 700 g/mol. The van der Waals surface area contributed by atoms with Gasteiger partial charge in [0.15, 0.2) is 0 Å². The Labute approximate surface area is 317 Å². The van der Waals surface area contributed by atoms with Crippen molar-refractivity contribution in [2.75, 3.05) is 0 Å². The van der Waals surface area contributed by atoms with E-state index in [1.807, 2.05) is 11.3 Å². The summed E-state index contributed by atoms with van der Waals surface area (Å²) in [5.74, 6) is 0. The highest BCUT2D eigenvalue weighted by Crippen LogP contribution is 2.64. The second-order valence-corrected chi connectivity index (χ2v) is 16.4. The molecule has 1 atom stereocenters. The van der Waals surface area contributed by atoms with Crippen LogP contribution in [0.2, 0.25) is 0 Å². The van der Waals surface area contributed by atoms with E-state index in [0.29, 0.717) is 0 Å². The number of hydrogen-bond acceptors (Lipinski definition) is 1. The molecule has 9 aromatic carbocycles. The molecule has 3 aliphatic rings. The normalized spacial score (nSPS) is 17.0. The van der Waals surface area contributed by atoms with E-state index < -0.39 is 0 Å². The topological polar surface area (TPSA) is 0 Å². The van der Waals surface area contributed by atoms with E-state index in [-0.39, 0.29) is 5.41 Å². The predicted octanol–water partition coefficient (Wildman–Crippen LogP) is 14.7. The van der Waals surface area contributed by atoms with E-state index in [0.717, 1.165) is 12.8 Å². The molecule has 0 fully saturated rings. The lowest BCUT2D eigenvalue weighted by atomic mass is 9.68. The molecule has 0 nitrogen and oxygen atoms in total. The van der Waals surface area contributed by atoms with Gasteiger partial charge in [-0.1, -0.05) is 146 Å². The molecule has 1 heteroatoms. The average molecular weight is 701 g/mol. The van der Waals surface area contributed by atoms with Crippen LogP contribution in [0, 0.1) is 0 Å². The summed E-state index contributed by atoms with van der Waals surface area (Å²) in [4.78, 5) is 0. The zero-order valence-electron chi connectivity index (χ0n) is 29.5. The van der Waals surface area contributed by atoms with Gasteiger partial charge in [0.1, 0.15) is 0 Å². The van der Waals surface area contributed by atoms with Gasteiger partial charge in [-0.3, -0.25) is 0 Å². The maximum Gasteiger partial charge on any atom is 0.0722 e. The van der Waals surface area contributed by atoms with Crippen LogP contribution in [0.25, 0.3) is 91.4 Å². The van der Waals surface area contributed by atoms with E-state index in [1.54, 1.807) is 0 Å². The maximum atomic E-state index is 2.57. The van der Waals surface area contributed by atoms with Crippen molar-refractivity contribution in [3.63, 3.8) is 0 Å². The number of rotatable bonds is 2. The second-order valence-electron chi connectivity index (χ2n) is 15.3. The van der Waals surface area contributed by atoms with Gasteiger partial charge in [0.25, 0.3) is 0 Å². The van der Waals surface area contributed by atoms with Crippen molar-refractivity contribution in [1.82, 2.24) is 0 Å². The number of fused-ring (bicyclic) bond motifs is 11. The zero-order valence-corrected chi connectivity index (χ0v) is 30.3. The van der Waals surface area contributed by atoms with Crippen LogP contribution in [0.4, 0.5) is 0 Å². The van der Waals surface area contributed by atoms with Gasteiger partial charge in [0.05, 0.1) is 5.41 Å². The van der Waals surface area contributed by atoms with E-state index in [4.69, 9.17) is 0 Å². The SMILES string of the molecule is C1=CC2=C(CC1)c1ccccc1C21c2ccccc2-c2ccc(-c3c4ccccc4c(-c4cc5cccc6sc7cccc4c7c56)c4ccccc34)cc21. The molecule has 1 unspecified atom stereocenters. The largest absolute Gasteiger partial charge is 0.135 e. The molecule has 0 bridgehead atoms. The van der Waals surface area contributed by atoms with Crippen molar-refractivity contribution >= 4 is 69.4 Å². The van der Waals surface area contributed by atoms with E-state index >= 15 is 0 Å². The van der Waals surface area contributed by atoms with Crippen LogP contribution in [-0.4, -0.2) is 0 Å².